The fraction of sp³-hybridized carbons (Fsp3) is 0.429. The Morgan fingerprint density at radius 2 is 1.65 bits per heavy atom. The van der Waals surface area contributed by atoms with Crippen molar-refractivity contribution in [1.82, 2.24) is 10.6 Å². The Morgan fingerprint density at radius 3 is 2.15 bits per heavy atom. The predicted molar refractivity (Wildman–Crippen MR) is 107 cm³/mol. The van der Waals surface area contributed by atoms with Crippen LogP contribution in [-0.4, -0.2) is 18.4 Å². The summed E-state index contributed by atoms with van der Waals surface area (Å²) < 4.78 is 0. The maximum atomic E-state index is 12.4. The smallest absolute Gasteiger partial charge is 0.240 e. The van der Waals surface area contributed by atoms with E-state index in [4.69, 9.17) is 0 Å². The minimum Gasteiger partial charge on any atom is -0.347 e. The second-order valence-corrected chi connectivity index (χ2v) is 8.75. The van der Waals surface area contributed by atoms with Crippen LogP contribution in [0, 0.1) is 5.41 Å². The average Bonchev–Trinajstić information content (AvgIpc) is 3.11. The van der Waals surface area contributed by atoms with Crippen molar-refractivity contribution in [2.75, 3.05) is 6.54 Å². The minimum absolute atomic E-state index is 0.0257. The first-order chi connectivity index (χ1) is 12.2. The summed E-state index contributed by atoms with van der Waals surface area (Å²) in [4.78, 5) is 25.4. The van der Waals surface area contributed by atoms with Crippen LogP contribution in [0.25, 0.3) is 0 Å². The lowest BCUT2D eigenvalue weighted by Crippen LogP contribution is -2.42. The second kappa shape index (κ2) is 8.49. The average molecular weight is 373 g/mol. The molecule has 1 aromatic heterocycles. The van der Waals surface area contributed by atoms with Gasteiger partial charge in [-0.15, -0.1) is 11.3 Å². The highest BCUT2D eigenvalue weighted by molar-refractivity contribution is 7.10. The normalized spacial score (nSPS) is 12.7. The molecule has 0 saturated carbocycles. The number of thiophene rings is 1. The first-order valence-electron chi connectivity index (χ1n) is 8.89. The Kier molecular flexibility index (Phi) is 6.59. The molecule has 0 radical (unpaired) electrons. The quantitative estimate of drug-likeness (QED) is 0.797. The van der Waals surface area contributed by atoms with Crippen molar-refractivity contribution in [1.29, 1.82) is 0 Å². The molecule has 0 bridgehead atoms. The van der Waals surface area contributed by atoms with Crippen molar-refractivity contribution in [2.45, 2.75) is 46.6 Å². The van der Waals surface area contributed by atoms with Gasteiger partial charge in [0.1, 0.15) is 0 Å². The Hall–Kier alpha value is -2.14. The summed E-state index contributed by atoms with van der Waals surface area (Å²) in [6.07, 6.45) is 0. The number of carbonyl (C=O) groups is 2. The monoisotopic (exact) mass is 372 g/mol. The Morgan fingerprint density at radius 1 is 1.04 bits per heavy atom. The Balaban J connectivity index is 2.11. The molecule has 1 atom stereocenters. The minimum atomic E-state index is -0.514. The van der Waals surface area contributed by atoms with Crippen molar-refractivity contribution < 1.29 is 9.59 Å². The molecule has 2 N–H and O–H groups in total. The van der Waals surface area contributed by atoms with Gasteiger partial charge in [0.05, 0.1) is 12.6 Å². The highest BCUT2D eigenvalue weighted by Crippen LogP contribution is 2.27. The van der Waals surface area contributed by atoms with Gasteiger partial charge in [-0.1, -0.05) is 65.0 Å². The molecule has 140 valence electrons. The summed E-state index contributed by atoms with van der Waals surface area (Å²) >= 11 is 1.60. The molecule has 0 saturated heterocycles. The maximum Gasteiger partial charge on any atom is 0.240 e. The second-order valence-electron chi connectivity index (χ2n) is 7.77. The van der Waals surface area contributed by atoms with Crippen LogP contribution in [0.5, 0.6) is 0 Å². The lowest BCUT2D eigenvalue weighted by atomic mass is 9.96. The zero-order valence-electron chi connectivity index (χ0n) is 16.1. The van der Waals surface area contributed by atoms with Crippen LogP contribution >= 0.6 is 11.3 Å². The number of benzene rings is 1. The van der Waals surface area contributed by atoms with E-state index in [-0.39, 0.29) is 24.4 Å². The largest absolute Gasteiger partial charge is 0.347 e. The van der Waals surface area contributed by atoms with Gasteiger partial charge in [-0.2, -0.15) is 0 Å². The zero-order chi connectivity index (χ0) is 19.3. The van der Waals surface area contributed by atoms with Crippen molar-refractivity contribution >= 4 is 23.2 Å². The van der Waals surface area contributed by atoms with E-state index in [1.165, 1.54) is 5.56 Å². The van der Waals surface area contributed by atoms with E-state index in [0.29, 0.717) is 5.92 Å². The first kappa shape index (κ1) is 20.2. The summed E-state index contributed by atoms with van der Waals surface area (Å²) in [6.45, 7) is 9.76. The molecule has 1 aromatic carbocycles. The number of amides is 2. The summed E-state index contributed by atoms with van der Waals surface area (Å²) in [6, 6.07) is 12.1. The highest BCUT2D eigenvalue weighted by atomic mass is 32.1. The van der Waals surface area contributed by atoms with Crippen molar-refractivity contribution in [3.8, 4) is 0 Å². The van der Waals surface area contributed by atoms with Crippen LogP contribution in [0.3, 0.4) is 0 Å². The molecule has 26 heavy (non-hydrogen) atoms. The summed E-state index contributed by atoms with van der Waals surface area (Å²) in [5, 5.41) is 7.75. The molecule has 1 heterocycles. The molecule has 1 unspecified atom stereocenters. The molecular weight excluding hydrogens is 344 g/mol. The van der Waals surface area contributed by atoms with Crippen molar-refractivity contribution in [3.63, 3.8) is 0 Å². The van der Waals surface area contributed by atoms with Crippen molar-refractivity contribution in [3.05, 3.63) is 57.8 Å². The molecule has 0 spiro atoms. The van der Waals surface area contributed by atoms with E-state index in [2.05, 4.69) is 48.7 Å². The number of carbonyl (C=O) groups excluding carboxylic acids is 2. The van der Waals surface area contributed by atoms with Crippen LogP contribution in [-0.2, 0) is 9.59 Å². The van der Waals surface area contributed by atoms with E-state index in [1.807, 2.05) is 38.3 Å². The lowest BCUT2D eigenvalue weighted by Gasteiger charge is -2.21. The van der Waals surface area contributed by atoms with Crippen molar-refractivity contribution in [2.24, 2.45) is 5.41 Å². The van der Waals surface area contributed by atoms with Gasteiger partial charge in [0.15, 0.2) is 0 Å². The standard InChI is InChI=1S/C21H28N2O2S/c1-14(2)15-8-10-16(11-9-15)19(17-7-6-12-26-17)23-18(24)13-22-20(25)21(3,4)5/h6-12,14,19H,13H2,1-5H3,(H,22,25)(H,23,24). The highest BCUT2D eigenvalue weighted by Gasteiger charge is 2.23. The van der Waals surface area contributed by atoms with Crippen LogP contribution < -0.4 is 10.6 Å². The summed E-state index contributed by atoms with van der Waals surface area (Å²) in [5.74, 6) is 0.127. The van der Waals surface area contributed by atoms with E-state index in [9.17, 15) is 9.59 Å². The molecule has 2 rings (SSSR count). The number of nitrogens with one attached hydrogen (secondary N) is 2. The van der Waals surface area contributed by atoms with Gasteiger partial charge in [-0.3, -0.25) is 9.59 Å². The molecule has 0 aliphatic carbocycles. The third-order valence-electron chi connectivity index (χ3n) is 4.16. The first-order valence-corrected chi connectivity index (χ1v) is 9.77. The zero-order valence-corrected chi connectivity index (χ0v) is 16.9. The molecule has 4 nitrogen and oxygen atoms in total. The fourth-order valence-corrected chi connectivity index (χ4v) is 3.29. The SMILES string of the molecule is CC(C)c1ccc(C(NC(=O)CNC(=O)C(C)(C)C)c2cccs2)cc1. The van der Waals surface area contributed by atoms with Gasteiger partial charge >= 0.3 is 0 Å². The van der Waals surface area contributed by atoms with Gasteiger partial charge in [-0.25, -0.2) is 0 Å². The molecule has 0 fully saturated rings. The predicted octanol–water partition coefficient (Wildman–Crippen LogP) is 4.24. The van der Waals surface area contributed by atoms with E-state index < -0.39 is 5.41 Å². The van der Waals surface area contributed by atoms with Crippen LogP contribution in [0.4, 0.5) is 0 Å². The van der Waals surface area contributed by atoms with Crippen LogP contribution in [0.2, 0.25) is 0 Å². The molecule has 0 aliphatic rings. The fourth-order valence-electron chi connectivity index (χ4n) is 2.49. The number of rotatable bonds is 6. The number of hydrogen-bond donors (Lipinski definition) is 2. The summed E-state index contributed by atoms with van der Waals surface area (Å²) in [7, 11) is 0. The van der Waals surface area contributed by atoms with Gasteiger partial charge in [-0.05, 0) is 28.5 Å². The van der Waals surface area contributed by atoms with Gasteiger partial charge in [0.25, 0.3) is 0 Å². The topological polar surface area (TPSA) is 58.2 Å². The van der Waals surface area contributed by atoms with Gasteiger partial charge < -0.3 is 10.6 Å². The van der Waals surface area contributed by atoms with E-state index in [1.54, 1.807) is 11.3 Å². The Labute approximate surface area is 160 Å². The van der Waals surface area contributed by atoms with Crippen LogP contribution in [0.1, 0.15) is 62.6 Å². The molecular formula is C21H28N2O2S. The van der Waals surface area contributed by atoms with Gasteiger partial charge in [0, 0.05) is 10.3 Å². The van der Waals surface area contributed by atoms with Crippen LogP contribution in [0.15, 0.2) is 41.8 Å². The third-order valence-corrected chi connectivity index (χ3v) is 5.10. The van der Waals surface area contributed by atoms with Gasteiger partial charge in [0.2, 0.25) is 11.8 Å². The molecule has 0 aliphatic heterocycles. The summed E-state index contributed by atoms with van der Waals surface area (Å²) in [5.41, 5.74) is 1.79. The Bertz CT molecular complexity index is 728. The molecule has 5 heteroatoms. The maximum absolute atomic E-state index is 12.4. The molecule has 2 amide bonds. The lowest BCUT2D eigenvalue weighted by molar-refractivity contribution is -0.131. The third kappa shape index (κ3) is 5.43. The molecule has 2 aromatic rings. The van der Waals surface area contributed by atoms with E-state index >= 15 is 0 Å². The number of hydrogen-bond acceptors (Lipinski definition) is 3. The van der Waals surface area contributed by atoms with E-state index in [0.717, 1.165) is 10.4 Å².